The van der Waals surface area contributed by atoms with Gasteiger partial charge < -0.3 is 5.32 Å². The summed E-state index contributed by atoms with van der Waals surface area (Å²) in [6.07, 6.45) is 5.26. The average Bonchev–Trinajstić information content (AvgIpc) is 2.49. The molecule has 0 bridgehead atoms. The second-order valence-electron chi connectivity index (χ2n) is 4.48. The van der Waals surface area contributed by atoms with Crippen LogP contribution in [0.25, 0.3) is 16.7 Å². The third-order valence-corrected chi connectivity index (χ3v) is 3.26. The number of hydrogen-bond donors (Lipinski definition) is 1. The third kappa shape index (κ3) is 2.34. The van der Waals surface area contributed by atoms with Gasteiger partial charge in [0.15, 0.2) is 0 Å². The van der Waals surface area contributed by atoms with Gasteiger partial charge in [-0.1, -0.05) is 42.5 Å². The van der Waals surface area contributed by atoms with Crippen LogP contribution in [0.2, 0.25) is 0 Å². The van der Waals surface area contributed by atoms with Gasteiger partial charge in [0.05, 0.1) is 5.69 Å². The van der Waals surface area contributed by atoms with Crippen LogP contribution in [-0.4, -0.2) is 18.1 Å². The fourth-order valence-corrected chi connectivity index (χ4v) is 2.24. The van der Waals surface area contributed by atoms with Crippen LogP contribution >= 0.6 is 0 Å². The first-order chi connectivity index (χ1) is 8.93. The molecule has 0 amide bonds. The Hall–Kier alpha value is -1.93. The van der Waals surface area contributed by atoms with E-state index in [9.17, 15) is 0 Å². The summed E-state index contributed by atoms with van der Waals surface area (Å²) in [5.41, 5.74) is 4.86. The van der Waals surface area contributed by atoms with Crippen molar-refractivity contribution in [1.29, 1.82) is 0 Å². The Labute approximate surface area is 107 Å². The molecule has 1 aliphatic rings. The van der Waals surface area contributed by atoms with E-state index in [1.807, 2.05) is 12.3 Å². The largest absolute Gasteiger partial charge is 0.313 e. The van der Waals surface area contributed by atoms with Gasteiger partial charge >= 0.3 is 0 Å². The van der Waals surface area contributed by atoms with E-state index in [2.05, 4.69) is 52.8 Å². The number of pyridine rings is 1. The minimum atomic E-state index is 0.956. The van der Waals surface area contributed by atoms with Gasteiger partial charge in [-0.25, -0.2) is 0 Å². The molecule has 2 heteroatoms. The zero-order chi connectivity index (χ0) is 12.2. The number of hydrogen-bond acceptors (Lipinski definition) is 2. The third-order valence-electron chi connectivity index (χ3n) is 3.26. The maximum Gasteiger partial charge on any atom is 0.0659 e. The topological polar surface area (TPSA) is 24.9 Å². The van der Waals surface area contributed by atoms with Gasteiger partial charge in [0.2, 0.25) is 0 Å². The Morgan fingerprint density at radius 2 is 1.83 bits per heavy atom. The Bertz CT molecular complexity index is 541. The summed E-state index contributed by atoms with van der Waals surface area (Å²) in [5.74, 6) is 0. The molecule has 1 aromatic carbocycles. The van der Waals surface area contributed by atoms with Gasteiger partial charge in [0, 0.05) is 18.3 Å². The first-order valence-corrected chi connectivity index (χ1v) is 6.35. The first kappa shape index (κ1) is 11.2. The van der Waals surface area contributed by atoms with Crippen molar-refractivity contribution in [3.8, 4) is 11.1 Å². The summed E-state index contributed by atoms with van der Waals surface area (Å²) >= 11 is 0. The highest BCUT2D eigenvalue weighted by Gasteiger charge is 2.07. The van der Waals surface area contributed by atoms with E-state index in [-0.39, 0.29) is 0 Å². The van der Waals surface area contributed by atoms with Crippen molar-refractivity contribution in [1.82, 2.24) is 10.3 Å². The van der Waals surface area contributed by atoms with Gasteiger partial charge in [-0.2, -0.15) is 0 Å². The molecular weight excluding hydrogens is 220 g/mol. The summed E-state index contributed by atoms with van der Waals surface area (Å²) in [4.78, 5) is 4.58. The van der Waals surface area contributed by atoms with Gasteiger partial charge in [-0.05, 0) is 30.2 Å². The lowest BCUT2D eigenvalue weighted by Gasteiger charge is -2.13. The number of nitrogens with zero attached hydrogens (tertiary/aromatic N) is 1. The summed E-state index contributed by atoms with van der Waals surface area (Å²) in [6, 6.07) is 14.6. The van der Waals surface area contributed by atoms with Crippen molar-refractivity contribution in [3.63, 3.8) is 0 Å². The van der Waals surface area contributed by atoms with Crippen molar-refractivity contribution in [2.24, 2.45) is 0 Å². The number of aromatic nitrogens is 1. The summed E-state index contributed by atoms with van der Waals surface area (Å²) < 4.78 is 0. The van der Waals surface area contributed by atoms with Crippen LogP contribution in [0.4, 0.5) is 0 Å². The van der Waals surface area contributed by atoms with E-state index in [0.717, 1.165) is 25.2 Å². The van der Waals surface area contributed by atoms with E-state index in [1.54, 1.807) is 0 Å². The SMILES string of the molecule is C1=C(c2ccc(-c3ccccc3)cn2)CCNC1. The first-order valence-electron chi connectivity index (χ1n) is 6.35. The fourth-order valence-electron chi connectivity index (χ4n) is 2.24. The number of benzene rings is 1. The highest BCUT2D eigenvalue weighted by atomic mass is 14.9. The molecule has 1 N–H and O–H groups in total. The minimum absolute atomic E-state index is 0.956. The summed E-state index contributed by atoms with van der Waals surface area (Å²) in [6.45, 7) is 2.01. The molecular formula is C16H16N2. The Balaban J connectivity index is 1.87. The van der Waals surface area contributed by atoms with Crippen molar-refractivity contribution < 1.29 is 0 Å². The second-order valence-corrected chi connectivity index (χ2v) is 4.48. The van der Waals surface area contributed by atoms with Crippen molar-refractivity contribution in [2.45, 2.75) is 6.42 Å². The predicted molar refractivity (Wildman–Crippen MR) is 75.1 cm³/mol. The normalized spacial score (nSPS) is 15.2. The Morgan fingerprint density at radius 1 is 0.944 bits per heavy atom. The quantitative estimate of drug-likeness (QED) is 0.866. The van der Waals surface area contributed by atoms with Crippen molar-refractivity contribution in [3.05, 3.63) is 60.4 Å². The molecule has 0 saturated carbocycles. The minimum Gasteiger partial charge on any atom is -0.313 e. The Kier molecular flexibility index (Phi) is 3.20. The highest BCUT2D eigenvalue weighted by molar-refractivity contribution is 5.67. The van der Waals surface area contributed by atoms with Gasteiger partial charge in [0.25, 0.3) is 0 Å². The molecule has 3 rings (SSSR count). The van der Waals surface area contributed by atoms with Crippen molar-refractivity contribution in [2.75, 3.05) is 13.1 Å². The monoisotopic (exact) mass is 236 g/mol. The van der Waals surface area contributed by atoms with E-state index in [0.29, 0.717) is 0 Å². The Morgan fingerprint density at radius 3 is 2.50 bits per heavy atom. The molecule has 0 atom stereocenters. The molecule has 18 heavy (non-hydrogen) atoms. The van der Waals surface area contributed by atoms with E-state index >= 15 is 0 Å². The van der Waals surface area contributed by atoms with Crippen LogP contribution in [0.1, 0.15) is 12.1 Å². The van der Waals surface area contributed by atoms with Crippen LogP contribution in [0.5, 0.6) is 0 Å². The molecule has 2 heterocycles. The molecule has 2 nitrogen and oxygen atoms in total. The molecule has 0 unspecified atom stereocenters. The predicted octanol–water partition coefficient (Wildman–Crippen LogP) is 3.13. The highest BCUT2D eigenvalue weighted by Crippen LogP contribution is 2.22. The van der Waals surface area contributed by atoms with E-state index < -0.39 is 0 Å². The molecule has 2 aromatic rings. The second kappa shape index (κ2) is 5.15. The lowest BCUT2D eigenvalue weighted by Crippen LogP contribution is -2.20. The zero-order valence-corrected chi connectivity index (χ0v) is 10.3. The van der Waals surface area contributed by atoms with Crippen LogP contribution in [0, 0.1) is 0 Å². The molecule has 0 spiro atoms. The van der Waals surface area contributed by atoms with Crippen LogP contribution in [0.3, 0.4) is 0 Å². The molecule has 90 valence electrons. The van der Waals surface area contributed by atoms with E-state index in [1.165, 1.54) is 16.7 Å². The van der Waals surface area contributed by atoms with Crippen LogP contribution in [-0.2, 0) is 0 Å². The van der Waals surface area contributed by atoms with Gasteiger partial charge in [-0.3, -0.25) is 4.98 Å². The molecule has 0 radical (unpaired) electrons. The van der Waals surface area contributed by atoms with Crippen LogP contribution in [0.15, 0.2) is 54.7 Å². The lowest BCUT2D eigenvalue weighted by molar-refractivity contribution is 0.737. The fraction of sp³-hybridized carbons (Fsp3) is 0.188. The maximum atomic E-state index is 4.58. The lowest BCUT2D eigenvalue weighted by atomic mass is 10.0. The molecule has 0 saturated heterocycles. The number of rotatable bonds is 2. The average molecular weight is 236 g/mol. The molecule has 0 fully saturated rings. The summed E-state index contributed by atoms with van der Waals surface area (Å²) in [7, 11) is 0. The van der Waals surface area contributed by atoms with Gasteiger partial charge in [-0.15, -0.1) is 0 Å². The molecule has 1 aliphatic heterocycles. The van der Waals surface area contributed by atoms with E-state index in [4.69, 9.17) is 0 Å². The van der Waals surface area contributed by atoms with Crippen molar-refractivity contribution >= 4 is 5.57 Å². The smallest absolute Gasteiger partial charge is 0.0659 e. The number of nitrogens with one attached hydrogen (secondary N) is 1. The molecule has 1 aromatic heterocycles. The summed E-state index contributed by atoms with van der Waals surface area (Å²) in [5, 5.41) is 3.32. The maximum absolute atomic E-state index is 4.58. The van der Waals surface area contributed by atoms with Crippen LogP contribution < -0.4 is 5.32 Å². The standard InChI is InChI=1S/C16H16N2/c1-2-4-13(5-3-1)15-6-7-16(18-12-15)14-8-10-17-11-9-14/h1-8,12,17H,9-11H2. The molecule has 0 aliphatic carbocycles. The van der Waals surface area contributed by atoms with Gasteiger partial charge in [0.1, 0.15) is 0 Å². The zero-order valence-electron chi connectivity index (χ0n) is 10.3.